The fourth-order valence-electron chi connectivity index (χ4n) is 2.42. The Bertz CT molecular complexity index is 464. The SMILES string of the molecule is Cc1cccc(CSCC(=O)N2CCC(C)C(O)C2)c1. The molecule has 4 heteroatoms. The van der Waals surface area contributed by atoms with Gasteiger partial charge in [-0.3, -0.25) is 4.79 Å². The number of aliphatic hydroxyl groups excluding tert-OH is 1. The van der Waals surface area contributed by atoms with Crippen LogP contribution in [0.5, 0.6) is 0 Å². The van der Waals surface area contributed by atoms with Crippen LogP contribution in [-0.4, -0.2) is 40.9 Å². The third-order valence-electron chi connectivity index (χ3n) is 3.85. The Balaban J connectivity index is 1.75. The molecule has 1 saturated heterocycles. The van der Waals surface area contributed by atoms with Crippen LogP contribution in [0.3, 0.4) is 0 Å². The zero-order chi connectivity index (χ0) is 14.5. The Morgan fingerprint density at radius 2 is 2.30 bits per heavy atom. The van der Waals surface area contributed by atoms with Gasteiger partial charge in [-0.1, -0.05) is 36.8 Å². The van der Waals surface area contributed by atoms with E-state index in [2.05, 4.69) is 31.2 Å². The summed E-state index contributed by atoms with van der Waals surface area (Å²) < 4.78 is 0. The Morgan fingerprint density at radius 3 is 3.00 bits per heavy atom. The van der Waals surface area contributed by atoms with Gasteiger partial charge in [0.15, 0.2) is 0 Å². The lowest BCUT2D eigenvalue weighted by atomic mass is 9.96. The van der Waals surface area contributed by atoms with Crippen LogP contribution in [0.4, 0.5) is 0 Å². The molecule has 110 valence electrons. The molecular formula is C16H23NO2S. The van der Waals surface area contributed by atoms with E-state index in [1.165, 1.54) is 11.1 Å². The average Bonchev–Trinajstić information content (AvgIpc) is 2.42. The molecule has 2 rings (SSSR count). The van der Waals surface area contributed by atoms with E-state index < -0.39 is 0 Å². The summed E-state index contributed by atoms with van der Waals surface area (Å²) in [5, 5.41) is 9.83. The van der Waals surface area contributed by atoms with E-state index in [-0.39, 0.29) is 12.0 Å². The number of nitrogens with zero attached hydrogens (tertiary/aromatic N) is 1. The molecule has 2 unspecified atom stereocenters. The number of hydrogen-bond acceptors (Lipinski definition) is 3. The summed E-state index contributed by atoms with van der Waals surface area (Å²) in [5.74, 6) is 1.81. The van der Waals surface area contributed by atoms with Gasteiger partial charge in [0.05, 0.1) is 11.9 Å². The van der Waals surface area contributed by atoms with Crippen molar-refractivity contribution in [3.8, 4) is 0 Å². The first kappa shape index (κ1) is 15.4. The quantitative estimate of drug-likeness (QED) is 0.927. The zero-order valence-electron chi connectivity index (χ0n) is 12.2. The Hall–Kier alpha value is -1.00. The van der Waals surface area contributed by atoms with Crippen molar-refractivity contribution in [1.82, 2.24) is 4.90 Å². The van der Waals surface area contributed by atoms with E-state index in [0.717, 1.165) is 18.7 Å². The number of carbonyl (C=O) groups is 1. The van der Waals surface area contributed by atoms with Crippen molar-refractivity contribution in [3.63, 3.8) is 0 Å². The second kappa shape index (κ2) is 7.14. The van der Waals surface area contributed by atoms with Crippen molar-refractivity contribution in [2.45, 2.75) is 32.1 Å². The highest BCUT2D eigenvalue weighted by atomic mass is 32.2. The number of aryl methyl sites for hydroxylation is 1. The number of amides is 1. The molecule has 0 radical (unpaired) electrons. The van der Waals surface area contributed by atoms with Gasteiger partial charge in [0.25, 0.3) is 0 Å². The average molecular weight is 293 g/mol. The van der Waals surface area contributed by atoms with E-state index in [9.17, 15) is 9.90 Å². The van der Waals surface area contributed by atoms with Gasteiger partial charge in [-0.25, -0.2) is 0 Å². The zero-order valence-corrected chi connectivity index (χ0v) is 13.0. The maximum atomic E-state index is 12.1. The van der Waals surface area contributed by atoms with Crippen molar-refractivity contribution in [3.05, 3.63) is 35.4 Å². The molecule has 1 aromatic carbocycles. The van der Waals surface area contributed by atoms with Gasteiger partial charge >= 0.3 is 0 Å². The molecular weight excluding hydrogens is 270 g/mol. The molecule has 0 aliphatic carbocycles. The number of piperidine rings is 1. The highest BCUT2D eigenvalue weighted by Crippen LogP contribution is 2.19. The van der Waals surface area contributed by atoms with E-state index in [1.807, 2.05) is 6.92 Å². The second-order valence-electron chi connectivity index (χ2n) is 5.65. The summed E-state index contributed by atoms with van der Waals surface area (Å²) in [4.78, 5) is 13.9. The first-order valence-electron chi connectivity index (χ1n) is 7.15. The molecule has 0 aromatic heterocycles. The Labute approximate surface area is 125 Å². The number of likely N-dealkylation sites (tertiary alicyclic amines) is 1. The van der Waals surface area contributed by atoms with Gasteiger partial charge in [0.2, 0.25) is 5.91 Å². The maximum Gasteiger partial charge on any atom is 0.232 e. The van der Waals surface area contributed by atoms with Gasteiger partial charge in [-0.05, 0) is 24.8 Å². The van der Waals surface area contributed by atoms with Crippen LogP contribution in [-0.2, 0) is 10.5 Å². The van der Waals surface area contributed by atoms with Gasteiger partial charge < -0.3 is 10.0 Å². The van der Waals surface area contributed by atoms with Gasteiger partial charge in [-0.2, -0.15) is 0 Å². The Kier molecular flexibility index (Phi) is 5.49. The standard InChI is InChI=1S/C16H23NO2S/c1-12-4-3-5-14(8-12)10-20-11-16(19)17-7-6-13(2)15(18)9-17/h3-5,8,13,15,18H,6-7,9-11H2,1-2H3. The van der Waals surface area contributed by atoms with Crippen molar-refractivity contribution in [2.24, 2.45) is 5.92 Å². The molecule has 0 spiro atoms. The fraction of sp³-hybridized carbons (Fsp3) is 0.562. The highest BCUT2D eigenvalue weighted by molar-refractivity contribution is 7.99. The second-order valence-corrected chi connectivity index (χ2v) is 6.64. The van der Waals surface area contributed by atoms with E-state index in [1.54, 1.807) is 16.7 Å². The minimum Gasteiger partial charge on any atom is -0.391 e. The molecule has 1 N–H and O–H groups in total. The normalized spacial score (nSPS) is 22.9. The van der Waals surface area contributed by atoms with Crippen LogP contribution in [0.2, 0.25) is 0 Å². The third kappa shape index (κ3) is 4.25. The first-order chi connectivity index (χ1) is 9.56. The number of aliphatic hydroxyl groups is 1. The number of rotatable bonds is 4. The van der Waals surface area contributed by atoms with E-state index in [4.69, 9.17) is 0 Å². The molecule has 1 aliphatic rings. The van der Waals surface area contributed by atoms with Crippen molar-refractivity contribution < 1.29 is 9.90 Å². The number of carbonyl (C=O) groups excluding carboxylic acids is 1. The predicted octanol–water partition coefficient (Wildman–Crippen LogP) is 2.46. The summed E-state index contributed by atoms with van der Waals surface area (Å²) in [6.07, 6.45) is 0.532. The number of benzene rings is 1. The van der Waals surface area contributed by atoms with Crippen molar-refractivity contribution >= 4 is 17.7 Å². The molecule has 20 heavy (non-hydrogen) atoms. The molecule has 2 atom stereocenters. The minimum atomic E-state index is -0.366. The largest absolute Gasteiger partial charge is 0.391 e. The molecule has 0 saturated carbocycles. The van der Waals surface area contributed by atoms with Gasteiger partial charge in [0, 0.05) is 18.8 Å². The van der Waals surface area contributed by atoms with Gasteiger partial charge in [-0.15, -0.1) is 11.8 Å². The molecule has 3 nitrogen and oxygen atoms in total. The summed E-state index contributed by atoms with van der Waals surface area (Å²) >= 11 is 1.65. The minimum absolute atomic E-state index is 0.147. The first-order valence-corrected chi connectivity index (χ1v) is 8.31. The molecule has 1 aromatic rings. The van der Waals surface area contributed by atoms with Crippen molar-refractivity contribution in [2.75, 3.05) is 18.8 Å². The predicted molar refractivity (Wildman–Crippen MR) is 83.7 cm³/mol. The smallest absolute Gasteiger partial charge is 0.232 e. The van der Waals surface area contributed by atoms with E-state index in [0.29, 0.717) is 18.2 Å². The topological polar surface area (TPSA) is 40.5 Å². The van der Waals surface area contributed by atoms with Crippen molar-refractivity contribution in [1.29, 1.82) is 0 Å². The van der Waals surface area contributed by atoms with Gasteiger partial charge in [0.1, 0.15) is 0 Å². The lowest BCUT2D eigenvalue weighted by molar-refractivity contribution is -0.132. The number of hydrogen-bond donors (Lipinski definition) is 1. The summed E-state index contributed by atoms with van der Waals surface area (Å²) in [7, 11) is 0. The summed E-state index contributed by atoms with van der Waals surface area (Å²) in [6.45, 7) is 5.39. The van der Waals surface area contributed by atoms with Crippen LogP contribution < -0.4 is 0 Å². The van der Waals surface area contributed by atoms with Crippen LogP contribution in [0.25, 0.3) is 0 Å². The highest BCUT2D eigenvalue weighted by Gasteiger charge is 2.26. The van der Waals surface area contributed by atoms with Crippen LogP contribution >= 0.6 is 11.8 Å². The molecule has 1 fully saturated rings. The fourth-order valence-corrected chi connectivity index (χ4v) is 3.30. The lowest BCUT2D eigenvalue weighted by Gasteiger charge is -2.34. The molecule has 1 heterocycles. The Morgan fingerprint density at radius 1 is 1.50 bits per heavy atom. The lowest BCUT2D eigenvalue weighted by Crippen LogP contribution is -2.46. The molecule has 1 amide bonds. The number of thioether (sulfide) groups is 1. The molecule has 0 bridgehead atoms. The number of β-amino-alcohol motifs (C(OH)–C–C–N with tert-alkyl or cyclic N) is 1. The van der Waals surface area contributed by atoms with Crippen LogP contribution in [0.15, 0.2) is 24.3 Å². The molecule has 1 aliphatic heterocycles. The maximum absolute atomic E-state index is 12.1. The third-order valence-corrected chi connectivity index (χ3v) is 4.84. The van der Waals surface area contributed by atoms with E-state index >= 15 is 0 Å². The van der Waals surface area contributed by atoms with Crippen LogP contribution in [0.1, 0.15) is 24.5 Å². The summed E-state index contributed by atoms with van der Waals surface area (Å²) in [5.41, 5.74) is 2.51. The van der Waals surface area contributed by atoms with Crippen LogP contribution in [0, 0.1) is 12.8 Å². The monoisotopic (exact) mass is 293 g/mol. The summed E-state index contributed by atoms with van der Waals surface area (Å²) in [6, 6.07) is 8.38.